The smallest absolute Gasteiger partial charge is 0.409 e. The van der Waals surface area contributed by atoms with Gasteiger partial charge >= 0.3 is 6.09 Å². The van der Waals surface area contributed by atoms with Gasteiger partial charge in [-0.05, 0) is 50.3 Å². The van der Waals surface area contributed by atoms with Crippen LogP contribution in [0.5, 0.6) is 5.75 Å². The number of halogens is 1. The molecule has 4 rings (SSSR count). The van der Waals surface area contributed by atoms with E-state index in [1.54, 1.807) is 24.9 Å². The molecule has 0 bridgehead atoms. The zero-order valence-electron chi connectivity index (χ0n) is 19.1. The van der Waals surface area contributed by atoms with Crippen molar-refractivity contribution in [3.63, 3.8) is 0 Å². The molecule has 0 aliphatic heterocycles. The van der Waals surface area contributed by atoms with Crippen LogP contribution in [0.1, 0.15) is 40.9 Å². The van der Waals surface area contributed by atoms with Gasteiger partial charge in [-0.15, -0.1) is 11.3 Å². The number of anilines is 2. The van der Waals surface area contributed by atoms with E-state index in [0.29, 0.717) is 50.8 Å². The third kappa shape index (κ3) is 4.74. The van der Waals surface area contributed by atoms with E-state index in [-0.39, 0.29) is 18.2 Å². The van der Waals surface area contributed by atoms with Gasteiger partial charge in [0.05, 0.1) is 29.2 Å². The molecule has 0 saturated heterocycles. The number of hydrogen-bond donors (Lipinski definition) is 2. The summed E-state index contributed by atoms with van der Waals surface area (Å²) >= 11 is 1.20. The number of carbonyl (C=O) groups excluding carboxylic acids is 2. The van der Waals surface area contributed by atoms with E-state index in [1.807, 2.05) is 0 Å². The van der Waals surface area contributed by atoms with Crippen LogP contribution in [0.25, 0.3) is 10.2 Å². The van der Waals surface area contributed by atoms with Crippen molar-refractivity contribution in [2.45, 2.75) is 44.8 Å². The Kier molecular flexibility index (Phi) is 6.82. The average molecular weight is 488 g/mol. The largest absolute Gasteiger partial charge is 0.488 e. The molecule has 2 aromatic heterocycles. The molecular formula is C23H26FN5O4S. The fourth-order valence-corrected chi connectivity index (χ4v) is 5.25. The van der Waals surface area contributed by atoms with Crippen molar-refractivity contribution in [2.75, 3.05) is 19.5 Å². The number of hydrogen-bond acceptors (Lipinski definition) is 8. The summed E-state index contributed by atoms with van der Waals surface area (Å²) < 4.78 is 25.1. The molecule has 1 fully saturated rings. The van der Waals surface area contributed by atoms with Crippen LogP contribution in [0.4, 0.5) is 20.7 Å². The molecule has 2 amide bonds. The lowest BCUT2D eigenvalue weighted by atomic mass is 9.92. The number of nitrogens with zero attached hydrogens (tertiary/aromatic N) is 3. The van der Waals surface area contributed by atoms with Crippen LogP contribution in [-0.2, 0) is 4.74 Å². The summed E-state index contributed by atoms with van der Waals surface area (Å²) in [5.74, 6) is -0.105. The summed E-state index contributed by atoms with van der Waals surface area (Å²) in [4.78, 5) is 34.8. The van der Waals surface area contributed by atoms with E-state index in [0.717, 1.165) is 12.8 Å². The first-order valence-corrected chi connectivity index (χ1v) is 11.7. The summed E-state index contributed by atoms with van der Waals surface area (Å²) in [5, 5.41) is 3.90. The third-order valence-corrected chi connectivity index (χ3v) is 7.31. The highest BCUT2D eigenvalue weighted by Crippen LogP contribution is 2.37. The van der Waals surface area contributed by atoms with Crippen LogP contribution in [0.3, 0.4) is 0 Å². The Hall–Kier alpha value is -3.47. The van der Waals surface area contributed by atoms with Crippen LogP contribution in [0.15, 0.2) is 24.5 Å². The van der Waals surface area contributed by atoms with Gasteiger partial charge in [0.1, 0.15) is 28.5 Å². The van der Waals surface area contributed by atoms with Gasteiger partial charge in [-0.1, -0.05) is 0 Å². The highest BCUT2D eigenvalue weighted by atomic mass is 32.1. The number of aromatic nitrogens is 2. The van der Waals surface area contributed by atoms with Crippen molar-refractivity contribution < 1.29 is 23.5 Å². The molecule has 1 aromatic carbocycles. The molecule has 1 aliphatic carbocycles. The predicted octanol–water partition coefficient (Wildman–Crippen LogP) is 4.37. The van der Waals surface area contributed by atoms with Crippen molar-refractivity contribution in [1.29, 1.82) is 0 Å². The number of primary amides is 1. The summed E-state index contributed by atoms with van der Waals surface area (Å²) in [6, 6.07) is 4.34. The second-order valence-corrected chi connectivity index (χ2v) is 9.22. The lowest BCUT2D eigenvalue weighted by Gasteiger charge is -2.34. The summed E-state index contributed by atoms with van der Waals surface area (Å²) in [6.45, 7) is 1.79. The number of amides is 2. The standard InChI is InChI=1S/C23H26FN5O4S/c1-12-18-21(26-11-27-22(18)34-19(12)20(25)30)28-16-9-4-13(24)10-17(16)33-15-7-5-14(6-8-15)29(2)23(31)32-3/h4,9-11,14-15H,5-8H2,1-3H3,(H2,25,30)(H,26,27,28)/t14-,15-. The van der Waals surface area contributed by atoms with Crippen molar-refractivity contribution >= 4 is 45.1 Å². The quantitative estimate of drug-likeness (QED) is 0.530. The molecule has 11 heteroatoms. The molecule has 0 radical (unpaired) electrons. The highest BCUT2D eigenvalue weighted by Gasteiger charge is 2.28. The fraction of sp³-hybridized carbons (Fsp3) is 0.391. The minimum atomic E-state index is -0.522. The molecule has 3 aromatic rings. The second-order valence-electron chi connectivity index (χ2n) is 8.22. The zero-order valence-corrected chi connectivity index (χ0v) is 19.9. The number of fused-ring (bicyclic) bond motifs is 1. The Balaban J connectivity index is 1.54. The number of aryl methyl sites for hydroxylation is 1. The van der Waals surface area contributed by atoms with Crippen LogP contribution in [-0.4, -0.2) is 53.2 Å². The van der Waals surface area contributed by atoms with Gasteiger partial charge in [-0.3, -0.25) is 4.79 Å². The normalized spacial score (nSPS) is 17.9. The first-order valence-electron chi connectivity index (χ1n) is 10.9. The lowest BCUT2D eigenvalue weighted by molar-refractivity contribution is 0.0812. The molecule has 34 heavy (non-hydrogen) atoms. The monoisotopic (exact) mass is 487 g/mol. The van der Waals surface area contributed by atoms with E-state index in [1.165, 1.54) is 36.9 Å². The number of carbonyl (C=O) groups is 2. The van der Waals surface area contributed by atoms with E-state index >= 15 is 0 Å². The van der Waals surface area contributed by atoms with Gasteiger partial charge in [-0.25, -0.2) is 19.2 Å². The van der Waals surface area contributed by atoms with Crippen LogP contribution >= 0.6 is 11.3 Å². The second kappa shape index (κ2) is 9.80. The minimum Gasteiger partial charge on any atom is -0.488 e. The lowest BCUT2D eigenvalue weighted by Crippen LogP contribution is -2.41. The van der Waals surface area contributed by atoms with E-state index in [2.05, 4.69) is 15.3 Å². The number of benzene rings is 1. The van der Waals surface area contributed by atoms with Crippen molar-refractivity contribution in [1.82, 2.24) is 14.9 Å². The number of nitrogens with one attached hydrogen (secondary N) is 1. The third-order valence-electron chi connectivity index (χ3n) is 6.10. The fourth-order valence-electron chi connectivity index (χ4n) is 4.25. The summed E-state index contributed by atoms with van der Waals surface area (Å²) in [5.41, 5.74) is 6.72. The zero-order chi connectivity index (χ0) is 24.4. The van der Waals surface area contributed by atoms with Crippen molar-refractivity contribution in [3.05, 3.63) is 40.8 Å². The predicted molar refractivity (Wildman–Crippen MR) is 127 cm³/mol. The molecule has 1 aliphatic rings. The molecule has 180 valence electrons. The molecule has 3 N–H and O–H groups in total. The van der Waals surface area contributed by atoms with E-state index < -0.39 is 11.7 Å². The maximum absolute atomic E-state index is 14.1. The Morgan fingerprint density at radius 1 is 1.24 bits per heavy atom. The number of rotatable bonds is 6. The molecule has 0 unspecified atom stereocenters. The van der Waals surface area contributed by atoms with Gasteiger partial charge in [0.15, 0.2) is 0 Å². The van der Waals surface area contributed by atoms with Crippen LogP contribution in [0.2, 0.25) is 0 Å². The van der Waals surface area contributed by atoms with Gasteiger partial charge in [0, 0.05) is 19.2 Å². The SMILES string of the molecule is COC(=O)N(C)[C@H]1CC[C@H](Oc2cc(F)ccc2Nc2ncnc3sc(C(N)=O)c(C)c23)CC1. The van der Waals surface area contributed by atoms with E-state index in [9.17, 15) is 14.0 Å². The van der Waals surface area contributed by atoms with Crippen LogP contribution in [0, 0.1) is 12.7 Å². The van der Waals surface area contributed by atoms with Gasteiger partial charge in [0.2, 0.25) is 0 Å². The van der Waals surface area contributed by atoms with Gasteiger partial charge < -0.3 is 25.4 Å². The minimum absolute atomic E-state index is 0.0766. The highest BCUT2D eigenvalue weighted by molar-refractivity contribution is 7.20. The van der Waals surface area contributed by atoms with Crippen LogP contribution < -0.4 is 15.8 Å². The van der Waals surface area contributed by atoms with E-state index in [4.69, 9.17) is 15.2 Å². The molecule has 0 atom stereocenters. The first-order chi connectivity index (χ1) is 16.3. The summed E-state index contributed by atoms with van der Waals surface area (Å²) in [6.07, 6.45) is 3.85. The summed E-state index contributed by atoms with van der Waals surface area (Å²) in [7, 11) is 3.09. The van der Waals surface area contributed by atoms with Gasteiger partial charge in [-0.2, -0.15) is 0 Å². The number of thiophene rings is 1. The Labute approximate surface area is 200 Å². The Bertz CT molecular complexity index is 1230. The van der Waals surface area contributed by atoms with Crippen molar-refractivity contribution in [3.8, 4) is 5.75 Å². The van der Waals surface area contributed by atoms with Gasteiger partial charge in [0.25, 0.3) is 5.91 Å². The average Bonchev–Trinajstić information content (AvgIpc) is 3.18. The first kappa shape index (κ1) is 23.7. The Morgan fingerprint density at radius 3 is 2.65 bits per heavy atom. The maximum atomic E-state index is 14.1. The number of methoxy groups -OCH3 is 1. The Morgan fingerprint density at radius 2 is 1.97 bits per heavy atom. The molecular weight excluding hydrogens is 461 g/mol. The molecule has 9 nitrogen and oxygen atoms in total. The molecule has 0 spiro atoms. The van der Waals surface area contributed by atoms with Crippen molar-refractivity contribution in [2.24, 2.45) is 5.73 Å². The number of nitrogens with two attached hydrogens (primary N) is 1. The maximum Gasteiger partial charge on any atom is 0.409 e. The topological polar surface area (TPSA) is 120 Å². The number of ether oxygens (including phenoxy) is 2. The molecule has 1 saturated carbocycles. The molecule has 2 heterocycles.